The molecule has 0 N–H and O–H groups in total. The number of benzene rings is 1. The fourth-order valence-electron chi connectivity index (χ4n) is 1.46. The third kappa shape index (κ3) is 2.10. The van der Waals surface area contributed by atoms with Gasteiger partial charge in [0.05, 0.1) is 17.5 Å². The van der Waals surface area contributed by atoms with Crippen LogP contribution in [0.2, 0.25) is 5.28 Å². The minimum atomic E-state index is -4.28. The zero-order valence-electron chi connectivity index (χ0n) is 7.72. The number of fused-ring (bicyclic) bond motifs is 1. The summed E-state index contributed by atoms with van der Waals surface area (Å²) >= 11 is 11.4. The monoisotopic (exact) mass is 268 g/mol. The van der Waals surface area contributed by atoms with Crippen molar-refractivity contribution < 1.29 is 13.2 Å². The van der Waals surface area contributed by atoms with Crippen LogP contribution in [0, 0.1) is 0 Å². The molecule has 0 amide bonds. The van der Waals surface area contributed by atoms with Crippen LogP contribution in [-0.4, -0.2) is 15.2 Å². The quantitative estimate of drug-likeness (QED) is 0.770. The van der Waals surface area contributed by atoms with Crippen LogP contribution in [0.5, 0.6) is 0 Å². The Morgan fingerprint density at radius 3 is 2.62 bits per heavy atom. The summed E-state index contributed by atoms with van der Waals surface area (Å²) in [6.45, 7) is 0. The summed E-state index contributed by atoms with van der Waals surface area (Å²) in [5.74, 6) is 0. The summed E-state index contributed by atoms with van der Waals surface area (Å²) in [5.41, 5.74) is 0.611. The molecule has 16 heavy (non-hydrogen) atoms. The van der Waals surface area contributed by atoms with Crippen LogP contribution < -0.4 is 0 Å². The summed E-state index contributed by atoms with van der Waals surface area (Å²) in [5, 5.41) is -0.0497. The third-order valence-corrected chi connectivity index (χ3v) is 2.75. The maximum atomic E-state index is 12.3. The molecular formula is C9H5Cl2F3N2. The molecule has 2 rings (SSSR count). The molecule has 0 unspecified atom stereocenters. The fourth-order valence-corrected chi connectivity index (χ4v) is 1.81. The van der Waals surface area contributed by atoms with E-state index in [0.717, 1.165) is 4.09 Å². The van der Waals surface area contributed by atoms with E-state index < -0.39 is 12.6 Å². The highest BCUT2D eigenvalue weighted by Gasteiger charge is 2.29. The molecule has 7 heteroatoms. The first-order chi connectivity index (χ1) is 7.38. The number of aromatic nitrogens is 2. The Balaban J connectivity index is 2.58. The van der Waals surface area contributed by atoms with Gasteiger partial charge in [-0.15, -0.1) is 0 Å². The number of imidazole rings is 1. The first kappa shape index (κ1) is 11.5. The Morgan fingerprint density at radius 1 is 1.31 bits per heavy atom. The van der Waals surface area contributed by atoms with E-state index in [9.17, 15) is 13.2 Å². The van der Waals surface area contributed by atoms with E-state index >= 15 is 0 Å². The van der Waals surface area contributed by atoms with Crippen LogP contribution in [0.15, 0.2) is 18.2 Å². The molecule has 86 valence electrons. The van der Waals surface area contributed by atoms with Crippen molar-refractivity contribution in [3.63, 3.8) is 0 Å². The van der Waals surface area contributed by atoms with Crippen molar-refractivity contribution in [1.29, 1.82) is 0 Å². The number of hydrogen-bond acceptors (Lipinski definition) is 1. The number of nitrogens with zero attached hydrogens (tertiary/aromatic N) is 2. The van der Waals surface area contributed by atoms with Crippen molar-refractivity contribution in [2.45, 2.75) is 12.6 Å². The summed E-state index contributed by atoms with van der Waals surface area (Å²) < 4.78 is 37.9. The maximum absolute atomic E-state index is 12.3. The second kappa shape index (κ2) is 3.82. The van der Waals surface area contributed by atoms with Crippen molar-refractivity contribution in [2.24, 2.45) is 0 Å². The first-order valence-electron chi connectivity index (χ1n) is 4.27. The molecule has 0 saturated carbocycles. The van der Waals surface area contributed by atoms with Gasteiger partial charge in [0, 0.05) is 11.8 Å². The first-order valence-corrected chi connectivity index (χ1v) is 4.99. The van der Waals surface area contributed by atoms with Gasteiger partial charge in [0.2, 0.25) is 5.28 Å². The molecule has 0 fully saturated rings. The molecule has 0 saturated heterocycles. The van der Waals surface area contributed by atoms with Gasteiger partial charge in [-0.05, 0) is 23.2 Å². The molecule has 0 bridgehead atoms. The lowest BCUT2D eigenvalue weighted by atomic mass is 10.1. The molecular weight excluding hydrogens is 264 g/mol. The lowest BCUT2D eigenvalue weighted by Crippen LogP contribution is -2.11. The third-order valence-electron chi connectivity index (χ3n) is 2.07. The van der Waals surface area contributed by atoms with Gasteiger partial charge in [0.15, 0.2) is 0 Å². The van der Waals surface area contributed by atoms with Crippen LogP contribution in [0.1, 0.15) is 5.56 Å². The Labute approximate surface area is 98.7 Å². The average Bonchev–Trinajstić information content (AvgIpc) is 2.43. The van der Waals surface area contributed by atoms with Gasteiger partial charge in [0.25, 0.3) is 0 Å². The van der Waals surface area contributed by atoms with E-state index in [1.807, 2.05) is 0 Å². The Hall–Kier alpha value is -0.940. The molecule has 0 aliphatic carbocycles. The molecule has 0 aliphatic heterocycles. The summed E-state index contributed by atoms with van der Waals surface area (Å²) in [6.07, 6.45) is -5.33. The van der Waals surface area contributed by atoms with E-state index in [1.54, 1.807) is 6.07 Å². The zero-order chi connectivity index (χ0) is 11.9. The largest absolute Gasteiger partial charge is 0.393 e. The number of hydrogen-bond donors (Lipinski definition) is 0. The van der Waals surface area contributed by atoms with Crippen molar-refractivity contribution in [1.82, 2.24) is 9.07 Å². The Bertz CT molecular complexity index is 533. The molecule has 0 spiro atoms. The predicted octanol–water partition coefficient (Wildman–Crippen LogP) is 3.80. The molecule has 0 aliphatic rings. The lowest BCUT2D eigenvalue weighted by molar-refractivity contribution is -0.127. The van der Waals surface area contributed by atoms with Crippen LogP contribution in [0.25, 0.3) is 11.0 Å². The topological polar surface area (TPSA) is 17.8 Å². The molecule has 0 atom stereocenters. The molecule has 1 aromatic carbocycles. The van der Waals surface area contributed by atoms with E-state index in [4.69, 9.17) is 23.4 Å². The second-order valence-corrected chi connectivity index (χ2v) is 3.91. The summed E-state index contributed by atoms with van der Waals surface area (Å²) in [6, 6.07) is 4.40. The summed E-state index contributed by atoms with van der Waals surface area (Å²) in [4.78, 5) is 3.79. The minimum Gasteiger partial charge on any atom is -0.224 e. The second-order valence-electron chi connectivity index (χ2n) is 3.24. The molecule has 1 heterocycles. The maximum Gasteiger partial charge on any atom is 0.393 e. The number of rotatable bonds is 1. The SMILES string of the molecule is FC(F)(F)Cc1cccc2c1nc(Cl)n2Cl. The van der Waals surface area contributed by atoms with Crippen LogP contribution in [-0.2, 0) is 6.42 Å². The van der Waals surface area contributed by atoms with E-state index in [2.05, 4.69) is 4.98 Å². The highest BCUT2D eigenvalue weighted by atomic mass is 35.5. The standard InChI is InChI=1S/C9H5Cl2F3N2/c10-8-15-7-5(4-9(12,13)14)2-1-3-6(7)16(8)11/h1-3H,4H2. The fraction of sp³-hybridized carbons (Fsp3) is 0.222. The van der Waals surface area contributed by atoms with Crippen molar-refractivity contribution in [2.75, 3.05) is 0 Å². The highest BCUT2D eigenvalue weighted by molar-refractivity contribution is 6.34. The smallest absolute Gasteiger partial charge is 0.224 e. The van der Waals surface area contributed by atoms with E-state index in [1.165, 1.54) is 12.1 Å². The van der Waals surface area contributed by atoms with Crippen LogP contribution in [0.4, 0.5) is 13.2 Å². The molecule has 1 aromatic heterocycles. The molecule has 2 aromatic rings. The van der Waals surface area contributed by atoms with Gasteiger partial charge in [0.1, 0.15) is 0 Å². The number of alkyl halides is 3. The highest BCUT2D eigenvalue weighted by Crippen LogP contribution is 2.28. The number of halogens is 5. The molecule has 2 nitrogen and oxygen atoms in total. The van der Waals surface area contributed by atoms with Crippen molar-refractivity contribution >= 4 is 34.4 Å². The zero-order valence-corrected chi connectivity index (χ0v) is 9.24. The predicted molar refractivity (Wildman–Crippen MR) is 55.8 cm³/mol. The van der Waals surface area contributed by atoms with Crippen molar-refractivity contribution in [3.05, 3.63) is 29.0 Å². The van der Waals surface area contributed by atoms with Gasteiger partial charge in [-0.3, -0.25) is 0 Å². The molecule has 0 radical (unpaired) electrons. The van der Waals surface area contributed by atoms with Crippen molar-refractivity contribution in [3.8, 4) is 0 Å². The minimum absolute atomic E-state index is 0.0497. The van der Waals surface area contributed by atoms with Gasteiger partial charge in [-0.25, -0.2) is 9.07 Å². The lowest BCUT2D eigenvalue weighted by Gasteiger charge is -2.06. The Kier molecular flexibility index (Phi) is 2.75. The van der Waals surface area contributed by atoms with E-state index in [0.29, 0.717) is 5.52 Å². The number of para-hydroxylation sites is 1. The van der Waals surface area contributed by atoms with Gasteiger partial charge < -0.3 is 0 Å². The van der Waals surface area contributed by atoms with E-state index in [-0.39, 0.29) is 16.4 Å². The summed E-state index contributed by atoms with van der Waals surface area (Å²) in [7, 11) is 0. The van der Waals surface area contributed by atoms with Gasteiger partial charge in [-0.1, -0.05) is 12.1 Å². The van der Waals surface area contributed by atoms with Gasteiger partial charge in [-0.2, -0.15) is 13.2 Å². The van der Waals surface area contributed by atoms with Crippen LogP contribution >= 0.6 is 23.4 Å². The normalized spacial score (nSPS) is 12.3. The Morgan fingerprint density at radius 2 is 2.00 bits per heavy atom. The van der Waals surface area contributed by atoms with Crippen LogP contribution in [0.3, 0.4) is 0 Å². The average molecular weight is 269 g/mol. The van der Waals surface area contributed by atoms with Gasteiger partial charge >= 0.3 is 6.18 Å².